The molecule has 2 amide bonds. The maximum atomic E-state index is 12.3. The van der Waals surface area contributed by atoms with Gasteiger partial charge in [0, 0.05) is 25.2 Å². The van der Waals surface area contributed by atoms with Gasteiger partial charge in [0.2, 0.25) is 5.91 Å². The number of hydrogen-bond acceptors (Lipinski definition) is 6. The molecule has 0 spiro atoms. The van der Waals surface area contributed by atoms with E-state index in [-0.39, 0.29) is 24.8 Å². The first-order valence-corrected chi connectivity index (χ1v) is 10.3. The summed E-state index contributed by atoms with van der Waals surface area (Å²) in [5.41, 5.74) is 0.648. The van der Waals surface area contributed by atoms with Crippen LogP contribution in [-0.2, 0) is 16.1 Å². The van der Waals surface area contributed by atoms with Gasteiger partial charge in [-0.15, -0.1) is 11.3 Å². The van der Waals surface area contributed by atoms with E-state index in [1.54, 1.807) is 35.6 Å². The maximum Gasteiger partial charge on any atom is 0.257 e. The fourth-order valence-corrected chi connectivity index (χ4v) is 3.53. The van der Waals surface area contributed by atoms with Crippen molar-refractivity contribution in [2.45, 2.75) is 19.9 Å². The van der Waals surface area contributed by atoms with Crippen LogP contribution in [-0.4, -0.2) is 39.7 Å². The number of carbonyl (C=O) groups is 2. The largest absolute Gasteiger partial charge is 0.484 e. The number of aromatic nitrogens is 3. The number of H-pyrrole nitrogens is 1. The van der Waals surface area contributed by atoms with Crippen molar-refractivity contribution in [2.75, 3.05) is 18.5 Å². The molecule has 0 saturated carbocycles. The lowest BCUT2D eigenvalue weighted by molar-refractivity contribution is -0.123. The van der Waals surface area contributed by atoms with Crippen LogP contribution in [0.4, 0.5) is 5.69 Å². The van der Waals surface area contributed by atoms with Crippen molar-refractivity contribution in [1.82, 2.24) is 20.1 Å². The highest BCUT2D eigenvalue weighted by Crippen LogP contribution is 2.23. The second-order valence-electron chi connectivity index (χ2n) is 6.05. The SMILES string of the molecule is CCNC(=O)COc1ccc(NC(=O)CCn2c(-c3cccs3)n[nH]c2=S)cc1. The summed E-state index contributed by atoms with van der Waals surface area (Å²) in [6, 6.07) is 10.8. The molecule has 0 bridgehead atoms. The number of thiophene rings is 1. The lowest BCUT2D eigenvalue weighted by Gasteiger charge is -2.09. The molecule has 2 aromatic heterocycles. The van der Waals surface area contributed by atoms with Crippen molar-refractivity contribution < 1.29 is 14.3 Å². The molecule has 0 aliphatic heterocycles. The average Bonchev–Trinajstić information content (AvgIpc) is 3.36. The zero-order chi connectivity index (χ0) is 20.6. The van der Waals surface area contributed by atoms with Gasteiger partial charge in [0.05, 0.1) is 4.88 Å². The Labute approximate surface area is 176 Å². The fourth-order valence-electron chi connectivity index (χ4n) is 2.59. The highest BCUT2D eigenvalue weighted by Gasteiger charge is 2.11. The number of amides is 2. The smallest absolute Gasteiger partial charge is 0.257 e. The van der Waals surface area contributed by atoms with Crippen LogP contribution in [0.25, 0.3) is 10.7 Å². The molecule has 0 fully saturated rings. The molecule has 1 aromatic carbocycles. The predicted octanol–water partition coefficient (Wildman–Crippen LogP) is 3.21. The van der Waals surface area contributed by atoms with Gasteiger partial charge in [-0.3, -0.25) is 19.3 Å². The second kappa shape index (κ2) is 9.99. The van der Waals surface area contributed by atoms with Crippen molar-refractivity contribution in [3.05, 3.63) is 46.5 Å². The molecule has 0 aliphatic rings. The number of aromatic amines is 1. The first kappa shape index (κ1) is 20.7. The van der Waals surface area contributed by atoms with Crippen LogP contribution in [0.5, 0.6) is 5.75 Å². The summed E-state index contributed by atoms with van der Waals surface area (Å²) in [7, 11) is 0. The normalized spacial score (nSPS) is 10.5. The van der Waals surface area contributed by atoms with E-state index < -0.39 is 0 Å². The Hall–Kier alpha value is -2.98. The first-order valence-electron chi connectivity index (χ1n) is 9.05. The van der Waals surface area contributed by atoms with Crippen LogP contribution < -0.4 is 15.4 Å². The second-order valence-corrected chi connectivity index (χ2v) is 7.38. The standard InChI is InChI=1S/C19H21N5O3S2/c1-2-20-17(26)12-27-14-7-5-13(6-8-14)21-16(25)9-10-24-18(22-23-19(24)28)15-4-3-11-29-15/h3-8,11H,2,9-10,12H2,1H3,(H,20,26)(H,21,25)(H,23,28). The van der Waals surface area contributed by atoms with E-state index in [0.29, 0.717) is 29.3 Å². The van der Waals surface area contributed by atoms with E-state index in [4.69, 9.17) is 17.0 Å². The van der Waals surface area contributed by atoms with Gasteiger partial charge in [0.1, 0.15) is 5.75 Å². The summed E-state index contributed by atoms with van der Waals surface area (Å²) in [4.78, 5) is 24.7. The Kier molecular flexibility index (Phi) is 7.14. The van der Waals surface area contributed by atoms with Gasteiger partial charge < -0.3 is 15.4 Å². The summed E-state index contributed by atoms with van der Waals surface area (Å²) in [6.07, 6.45) is 0.252. The number of rotatable bonds is 9. The van der Waals surface area contributed by atoms with Gasteiger partial charge in [-0.25, -0.2) is 0 Å². The average molecular weight is 432 g/mol. The number of benzene rings is 1. The van der Waals surface area contributed by atoms with E-state index in [1.807, 2.05) is 29.0 Å². The maximum absolute atomic E-state index is 12.3. The summed E-state index contributed by atoms with van der Waals surface area (Å²) < 4.78 is 7.69. The number of hydrogen-bond donors (Lipinski definition) is 3. The zero-order valence-corrected chi connectivity index (χ0v) is 17.4. The number of carbonyl (C=O) groups excluding carboxylic acids is 2. The molecule has 0 radical (unpaired) electrons. The van der Waals surface area contributed by atoms with E-state index >= 15 is 0 Å². The van der Waals surface area contributed by atoms with Crippen LogP contribution in [0.15, 0.2) is 41.8 Å². The number of ether oxygens (including phenoxy) is 1. The van der Waals surface area contributed by atoms with Gasteiger partial charge in [0.25, 0.3) is 5.91 Å². The molecule has 10 heteroatoms. The van der Waals surface area contributed by atoms with Crippen LogP contribution in [0.1, 0.15) is 13.3 Å². The summed E-state index contributed by atoms with van der Waals surface area (Å²) in [5.74, 6) is 0.969. The lowest BCUT2D eigenvalue weighted by atomic mass is 10.3. The Bertz CT molecular complexity index is 1010. The minimum atomic E-state index is -0.176. The molecular formula is C19H21N5O3S2. The third-order valence-electron chi connectivity index (χ3n) is 3.94. The van der Waals surface area contributed by atoms with E-state index in [2.05, 4.69) is 20.8 Å². The molecule has 152 valence electrons. The van der Waals surface area contributed by atoms with Crippen LogP contribution in [0.3, 0.4) is 0 Å². The first-order chi connectivity index (χ1) is 14.1. The summed E-state index contributed by atoms with van der Waals surface area (Å²) >= 11 is 6.84. The van der Waals surface area contributed by atoms with Crippen LogP contribution >= 0.6 is 23.6 Å². The molecule has 8 nitrogen and oxygen atoms in total. The van der Waals surface area contributed by atoms with E-state index in [0.717, 1.165) is 10.7 Å². The van der Waals surface area contributed by atoms with Gasteiger partial charge in [0.15, 0.2) is 17.2 Å². The Morgan fingerprint density at radius 2 is 2.03 bits per heavy atom. The van der Waals surface area contributed by atoms with Crippen molar-refractivity contribution in [1.29, 1.82) is 0 Å². The molecule has 3 N–H and O–H groups in total. The van der Waals surface area contributed by atoms with Crippen LogP contribution in [0, 0.1) is 4.77 Å². The molecule has 0 saturated heterocycles. The molecule has 3 rings (SSSR count). The van der Waals surface area contributed by atoms with Gasteiger partial charge in [-0.2, -0.15) is 5.10 Å². The predicted molar refractivity (Wildman–Crippen MR) is 115 cm³/mol. The topological polar surface area (TPSA) is 101 Å². The monoisotopic (exact) mass is 431 g/mol. The van der Waals surface area contributed by atoms with E-state index in [1.165, 1.54) is 0 Å². The van der Waals surface area contributed by atoms with E-state index in [9.17, 15) is 9.59 Å². The highest BCUT2D eigenvalue weighted by atomic mass is 32.1. The molecule has 0 unspecified atom stereocenters. The van der Waals surface area contributed by atoms with Gasteiger partial charge in [-0.1, -0.05) is 6.07 Å². The molecule has 2 heterocycles. The van der Waals surface area contributed by atoms with Crippen LogP contribution in [0.2, 0.25) is 0 Å². The Morgan fingerprint density at radius 1 is 1.24 bits per heavy atom. The van der Waals surface area contributed by atoms with Gasteiger partial charge in [-0.05, 0) is 54.9 Å². The quantitative estimate of drug-likeness (QED) is 0.452. The Morgan fingerprint density at radius 3 is 2.72 bits per heavy atom. The zero-order valence-electron chi connectivity index (χ0n) is 15.8. The molecule has 0 atom stereocenters. The number of likely N-dealkylation sites (N-methyl/N-ethyl adjacent to an activating group) is 1. The Balaban J connectivity index is 1.52. The third-order valence-corrected chi connectivity index (χ3v) is 5.12. The molecule has 3 aromatic rings. The number of anilines is 1. The molecule has 29 heavy (non-hydrogen) atoms. The highest BCUT2D eigenvalue weighted by molar-refractivity contribution is 7.71. The summed E-state index contributed by atoms with van der Waals surface area (Å²) in [5, 5.41) is 14.5. The number of nitrogens with one attached hydrogen (secondary N) is 3. The third kappa shape index (κ3) is 5.75. The minimum Gasteiger partial charge on any atom is -0.484 e. The summed E-state index contributed by atoms with van der Waals surface area (Å²) in [6.45, 7) is 2.78. The van der Waals surface area contributed by atoms with Crippen molar-refractivity contribution in [3.8, 4) is 16.5 Å². The molecule has 0 aliphatic carbocycles. The molecular weight excluding hydrogens is 410 g/mol. The number of nitrogens with zero attached hydrogens (tertiary/aromatic N) is 2. The van der Waals surface area contributed by atoms with Crippen molar-refractivity contribution in [2.24, 2.45) is 0 Å². The lowest BCUT2D eigenvalue weighted by Crippen LogP contribution is -2.28. The van der Waals surface area contributed by atoms with Crippen molar-refractivity contribution in [3.63, 3.8) is 0 Å². The fraction of sp³-hybridized carbons (Fsp3) is 0.263. The van der Waals surface area contributed by atoms with Gasteiger partial charge >= 0.3 is 0 Å². The van der Waals surface area contributed by atoms with Crippen molar-refractivity contribution >= 4 is 41.1 Å². The minimum absolute atomic E-state index is 0.0442.